The summed E-state index contributed by atoms with van der Waals surface area (Å²) in [5.41, 5.74) is 1.91. The number of aromatic nitrogens is 1. The lowest BCUT2D eigenvalue weighted by Crippen LogP contribution is -2.47. The van der Waals surface area contributed by atoms with Crippen LogP contribution in [0.4, 0.5) is 4.79 Å². The van der Waals surface area contributed by atoms with Gasteiger partial charge < -0.3 is 20.1 Å². The number of nitrogens with one attached hydrogen (secondary N) is 2. The van der Waals surface area contributed by atoms with Crippen LogP contribution < -0.4 is 10.6 Å². The van der Waals surface area contributed by atoms with Gasteiger partial charge in [0, 0.05) is 6.08 Å². The van der Waals surface area contributed by atoms with Crippen molar-refractivity contribution in [3.8, 4) is 0 Å². The topological polar surface area (TPSA) is 107 Å². The van der Waals surface area contributed by atoms with Crippen LogP contribution in [-0.2, 0) is 19.1 Å². The molecule has 2 amide bonds. The number of urea groups is 1. The van der Waals surface area contributed by atoms with Crippen LogP contribution in [-0.4, -0.2) is 36.2 Å². The van der Waals surface area contributed by atoms with Crippen LogP contribution in [0.2, 0.25) is 0 Å². The normalized spacial score (nSPS) is 15.9. The molecule has 0 aliphatic carbocycles. The number of carbonyl (C=O) groups excluding carboxylic acids is 3. The van der Waals surface area contributed by atoms with Crippen molar-refractivity contribution in [2.75, 3.05) is 13.2 Å². The molecule has 1 unspecified atom stereocenters. The number of nitrogens with zero attached hydrogens (tertiary/aromatic N) is 1. The van der Waals surface area contributed by atoms with Crippen molar-refractivity contribution in [3.63, 3.8) is 0 Å². The third-order valence-corrected chi connectivity index (χ3v) is 5.81. The van der Waals surface area contributed by atoms with Gasteiger partial charge in [-0.15, -0.1) is 11.3 Å². The minimum atomic E-state index is -0.731. The standard InChI is InChI=1S/C24H21N3O5S/c1-2-31-23(29)21-17(26-24(30)27-22(21)15-8-4-3-5-9-15)14-32-20(28)13-12-19-25-16-10-6-7-11-18(16)33-19/h3-13,22H,2,14H2,1H3,(H2,26,27,30)/b13-12+. The Labute approximate surface area is 193 Å². The second-order valence-corrected chi connectivity index (χ2v) is 8.08. The molecule has 8 nitrogen and oxygen atoms in total. The number of rotatable bonds is 7. The van der Waals surface area contributed by atoms with Crippen molar-refractivity contribution in [1.82, 2.24) is 15.6 Å². The van der Waals surface area contributed by atoms with E-state index in [1.54, 1.807) is 37.3 Å². The van der Waals surface area contributed by atoms with Crippen molar-refractivity contribution in [1.29, 1.82) is 0 Å². The first-order valence-corrected chi connectivity index (χ1v) is 11.1. The summed E-state index contributed by atoms with van der Waals surface area (Å²) in [6.45, 7) is 1.56. The number of thiazole rings is 1. The summed E-state index contributed by atoms with van der Waals surface area (Å²) in [6.07, 6.45) is 2.83. The summed E-state index contributed by atoms with van der Waals surface area (Å²) >= 11 is 1.45. The zero-order valence-electron chi connectivity index (χ0n) is 17.7. The van der Waals surface area contributed by atoms with E-state index in [0.29, 0.717) is 10.6 Å². The zero-order valence-corrected chi connectivity index (χ0v) is 18.6. The van der Waals surface area contributed by atoms with E-state index >= 15 is 0 Å². The number of para-hydroxylation sites is 1. The number of amides is 2. The van der Waals surface area contributed by atoms with Gasteiger partial charge in [-0.2, -0.15) is 0 Å². The predicted molar refractivity (Wildman–Crippen MR) is 124 cm³/mol. The Morgan fingerprint density at radius 3 is 2.61 bits per heavy atom. The van der Waals surface area contributed by atoms with Crippen LogP contribution in [0.25, 0.3) is 16.3 Å². The first-order valence-electron chi connectivity index (χ1n) is 10.3. The SMILES string of the molecule is CCOC(=O)C1=C(COC(=O)/C=C/c2nc3ccccc3s2)NC(=O)NC1c1ccccc1. The van der Waals surface area contributed by atoms with Gasteiger partial charge in [0.1, 0.15) is 11.6 Å². The molecule has 168 valence electrons. The van der Waals surface area contributed by atoms with Gasteiger partial charge >= 0.3 is 18.0 Å². The largest absolute Gasteiger partial charge is 0.463 e. The Morgan fingerprint density at radius 1 is 1.09 bits per heavy atom. The van der Waals surface area contributed by atoms with Gasteiger partial charge in [-0.25, -0.2) is 19.4 Å². The first kappa shape index (κ1) is 22.2. The van der Waals surface area contributed by atoms with E-state index in [0.717, 1.165) is 10.2 Å². The molecule has 0 spiro atoms. The number of hydrogen-bond acceptors (Lipinski definition) is 7. The molecule has 2 aromatic carbocycles. The number of benzene rings is 2. The van der Waals surface area contributed by atoms with Gasteiger partial charge in [-0.1, -0.05) is 42.5 Å². The molecular formula is C24H21N3O5S. The van der Waals surface area contributed by atoms with Gasteiger partial charge in [0.25, 0.3) is 0 Å². The maximum absolute atomic E-state index is 12.7. The molecule has 0 saturated heterocycles. The first-order chi connectivity index (χ1) is 16.0. The van der Waals surface area contributed by atoms with E-state index in [2.05, 4.69) is 15.6 Å². The average Bonchev–Trinajstić information content (AvgIpc) is 3.25. The van der Waals surface area contributed by atoms with Crippen LogP contribution in [0, 0.1) is 0 Å². The third-order valence-electron chi connectivity index (χ3n) is 4.81. The second-order valence-electron chi connectivity index (χ2n) is 7.02. The maximum atomic E-state index is 12.7. The summed E-state index contributed by atoms with van der Waals surface area (Å²) in [5, 5.41) is 5.96. The summed E-state index contributed by atoms with van der Waals surface area (Å²) in [7, 11) is 0. The molecule has 1 aliphatic rings. The lowest BCUT2D eigenvalue weighted by atomic mass is 9.95. The Kier molecular flexibility index (Phi) is 6.80. The van der Waals surface area contributed by atoms with Gasteiger partial charge in [0.05, 0.1) is 34.1 Å². The second kappa shape index (κ2) is 10.1. The molecule has 33 heavy (non-hydrogen) atoms. The Hall–Kier alpha value is -3.98. The molecule has 0 saturated carbocycles. The molecule has 0 radical (unpaired) electrons. The van der Waals surface area contributed by atoms with E-state index in [1.165, 1.54) is 17.4 Å². The van der Waals surface area contributed by atoms with E-state index in [9.17, 15) is 14.4 Å². The Morgan fingerprint density at radius 2 is 1.85 bits per heavy atom. The fourth-order valence-corrected chi connectivity index (χ4v) is 4.24. The molecule has 4 rings (SSSR count). The minimum absolute atomic E-state index is 0.162. The molecule has 2 heterocycles. The fourth-order valence-electron chi connectivity index (χ4n) is 3.37. The van der Waals surface area contributed by atoms with Crippen molar-refractivity contribution < 1.29 is 23.9 Å². The Bertz CT molecular complexity index is 1220. The lowest BCUT2D eigenvalue weighted by Gasteiger charge is -2.29. The van der Waals surface area contributed by atoms with Crippen LogP contribution in [0.15, 0.2) is 71.9 Å². The highest BCUT2D eigenvalue weighted by Crippen LogP contribution is 2.28. The highest BCUT2D eigenvalue weighted by molar-refractivity contribution is 7.19. The summed E-state index contributed by atoms with van der Waals surface area (Å²) in [6, 6.07) is 15.5. The lowest BCUT2D eigenvalue weighted by molar-refractivity contribution is -0.140. The van der Waals surface area contributed by atoms with Crippen molar-refractivity contribution in [3.05, 3.63) is 82.5 Å². The minimum Gasteiger partial charge on any atom is -0.463 e. The van der Waals surface area contributed by atoms with Gasteiger partial charge in [0.2, 0.25) is 0 Å². The third kappa shape index (κ3) is 5.27. The molecule has 3 aromatic rings. The number of carbonyl (C=O) groups is 3. The number of esters is 2. The molecule has 2 N–H and O–H groups in total. The average molecular weight is 464 g/mol. The number of ether oxygens (including phenoxy) is 2. The maximum Gasteiger partial charge on any atom is 0.338 e. The van der Waals surface area contributed by atoms with Crippen molar-refractivity contribution in [2.45, 2.75) is 13.0 Å². The van der Waals surface area contributed by atoms with Crippen LogP contribution >= 0.6 is 11.3 Å². The van der Waals surface area contributed by atoms with Gasteiger partial charge in [-0.05, 0) is 30.7 Å². The van der Waals surface area contributed by atoms with E-state index in [4.69, 9.17) is 9.47 Å². The number of fused-ring (bicyclic) bond motifs is 1. The van der Waals surface area contributed by atoms with E-state index in [1.807, 2.05) is 30.3 Å². The molecule has 9 heteroatoms. The monoisotopic (exact) mass is 463 g/mol. The molecule has 1 aromatic heterocycles. The molecule has 1 atom stereocenters. The number of hydrogen-bond donors (Lipinski definition) is 2. The van der Waals surface area contributed by atoms with Gasteiger partial charge in [0.15, 0.2) is 0 Å². The quantitative estimate of drug-likeness (QED) is 0.409. The molecule has 1 aliphatic heterocycles. The predicted octanol–water partition coefficient (Wildman–Crippen LogP) is 3.72. The summed E-state index contributed by atoms with van der Waals surface area (Å²) in [5.74, 6) is -1.23. The highest BCUT2D eigenvalue weighted by atomic mass is 32.1. The summed E-state index contributed by atoms with van der Waals surface area (Å²) in [4.78, 5) is 41.7. The van der Waals surface area contributed by atoms with E-state index < -0.39 is 24.0 Å². The molecule has 0 bridgehead atoms. The Balaban J connectivity index is 1.53. The van der Waals surface area contributed by atoms with Crippen molar-refractivity contribution >= 4 is 45.6 Å². The summed E-state index contributed by atoms with van der Waals surface area (Å²) < 4.78 is 11.5. The molecule has 0 fully saturated rings. The highest BCUT2D eigenvalue weighted by Gasteiger charge is 2.34. The smallest absolute Gasteiger partial charge is 0.338 e. The van der Waals surface area contributed by atoms with Crippen molar-refractivity contribution in [2.24, 2.45) is 0 Å². The molecular weight excluding hydrogens is 442 g/mol. The van der Waals surface area contributed by atoms with Crippen LogP contribution in [0.1, 0.15) is 23.5 Å². The van der Waals surface area contributed by atoms with E-state index in [-0.39, 0.29) is 24.5 Å². The zero-order chi connectivity index (χ0) is 23.2. The van der Waals surface area contributed by atoms with Gasteiger partial charge in [-0.3, -0.25) is 0 Å². The fraction of sp³-hybridized carbons (Fsp3) is 0.167. The van der Waals surface area contributed by atoms with Crippen LogP contribution in [0.5, 0.6) is 0 Å². The van der Waals surface area contributed by atoms with Crippen LogP contribution in [0.3, 0.4) is 0 Å².